The summed E-state index contributed by atoms with van der Waals surface area (Å²) in [6.07, 6.45) is 0. The van der Waals surface area contributed by atoms with Crippen molar-refractivity contribution in [2.24, 2.45) is 0 Å². The van der Waals surface area contributed by atoms with Gasteiger partial charge in [-0.2, -0.15) is 26.3 Å². The van der Waals surface area contributed by atoms with Crippen molar-refractivity contribution in [2.75, 3.05) is 0 Å². The van der Waals surface area contributed by atoms with Crippen molar-refractivity contribution in [3.05, 3.63) is 130 Å². The summed E-state index contributed by atoms with van der Waals surface area (Å²) in [4.78, 5) is 0. The quantitative estimate of drug-likeness (QED) is 0.126. The Bertz CT molecular complexity index is 1600. The minimum absolute atomic E-state index is 0.0287. The molecular weight excluding hydrogens is 904 g/mol. The van der Waals surface area contributed by atoms with E-state index in [0.717, 1.165) is 5.75 Å². The largest absolute Gasteiger partial charge is 0.741 e. The van der Waals surface area contributed by atoms with Gasteiger partial charge in [0.25, 0.3) is 0 Å². The predicted octanol–water partition coefficient (Wildman–Crippen LogP) is 0.910. The summed E-state index contributed by atoms with van der Waals surface area (Å²) in [5.74, 6) is 0.948. The Kier molecular flexibility index (Phi) is 17.1. The number of benzene rings is 4. The Morgan fingerprint density at radius 3 is 0.936 bits per heavy atom. The lowest BCUT2D eigenvalue weighted by Crippen LogP contribution is -3.61. The van der Waals surface area contributed by atoms with Crippen LogP contribution in [-0.2, 0) is 20.2 Å². The first-order valence-corrected chi connectivity index (χ1v) is 19.9. The first-order valence-electron chi connectivity index (χ1n) is 12.8. The van der Waals surface area contributed by atoms with Gasteiger partial charge in [-0.15, -0.1) is 0 Å². The van der Waals surface area contributed by atoms with Crippen molar-refractivity contribution < 1.29 is 99.4 Å². The first-order chi connectivity index (χ1) is 21.5. The van der Waals surface area contributed by atoms with Crippen molar-refractivity contribution in [3.8, 4) is 5.75 Å². The fraction of sp³-hybridized carbons (Fsp3) is 0.200. The van der Waals surface area contributed by atoms with Crippen LogP contribution in [0.4, 0.5) is 26.3 Å². The van der Waals surface area contributed by atoms with E-state index in [4.69, 9.17) is 30.7 Å². The van der Waals surface area contributed by atoms with E-state index in [1.165, 1.54) is 14.3 Å². The predicted molar refractivity (Wildman–Crippen MR) is 152 cm³/mol. The SMILES string of the molecule is CC(C)(C)Oc1ccc([I+]c2ccccc2)cc1.O=S(=O)([O-])C(F)(F)F.O=S(=O)([O-])C(F)(F)F.c1ccc([I+]c2ccccc2)cc1. The van der Waals surface area contributed by atoms with Crippen LogP contribution in [0.15, 0.2) is 115 Å². The van der Waals surface area contributed by atoms with Gasteiger partial charge in [0.05, 0.1) is 0 Å². The van der Waals surface area contributed by atoms with Crippen molar-refractivity contribution in [3.63, 3.8) is 0 Å². The average molecular weight is 932 g/mol. The zero-order valence-electron chi connectivity index (χ0n) is 24.7. The highest BCUT2D eigenvalue weighted by Crippen LogP contribution is 2.21. The Hall–Kier alpha value is -2.46. The molecule has 0 aliphatic carbocycles. The Balaban J connectivity index is 0.000000335. The van der Waals surface area contributed by atoms with Gasteiger partial charge in [0.1, 0.15) is 11.4 Å². The molecule has 7 nitrogen and oxygen atoms in total. The molecule has 0 aliphatic rings. The van der Waals surface area contributed by atoms with E-state index >= 15 is 0 Å². The molecule has 0 saturated heterocycles. The molecule has 4 aromatic carbocycles. The van der Waals surface area contributed by atoms with E-state index < -0.39 is 31.3 Å². The third-order valence-electron chi connectivity index (χ3n) is 4.44. The van der Waals surface area contributed by atoms with Crippen molar-refractivity contribution >= 4 is 20.2 Å². The van der Waals surface area contributed by atoms with E-state index in [2.05, 4.69) is 136 Å². The van der Waals surface area contributed by atoms with E-state index in [9.17, 15) is 26.3 Å². The van der Waals surface area contributed by atoms with Crippen molar-refractivity contribution in [1.29, 1.82) is 0 Å². The van der Waals surface area contributed by atoms with Crippen molar-refractivity contribution in [2.45, 2.75) is 37.4 Å². The van der Waals surface area contributed by atoms with Crippen LogP contribution in [0, 0.1) is 14.3 Å². The van der Waals surface area contributed by atoms with Gasteiger partial charge in [-0.25, -0.2) is 16.8 Å². The molecule has 0 atom stereocenters. The lowest BCUT2D eigenvalue weighted by atomic mass is 10.2. The third kappa shape index (κ3) is 19.2. The molecule has 0 spiro atoms. The summed E-state index contributed by atoms with van der Waals surface area (Å²) >= 11 is -0.0450. The molecular formula is C30H28F6I2O7S2. The molecule has 17 heteroatoms. The Morgan fingerprint density at radius 1 is 0.489 bits per heavy atom. The molecule has 47 heavy (non-hydrogen) atoms. The van der Waals surface area contributed by atoms with Gasteiger partial charge in [-0.05, 0) is 81.4 Å². The van der Waals surface area contributed by atoms with Crippen LogP contribution in [0.1, 0.15) is 20.8 Å². The highest BCUT2D eigenvalue weighted by Gasteiger charge is 2.37. The summed E-state index contributed by atoms with van der Waals surface area (Å²) in [6, 6.07) is 40.6. The molecule has 0 aromatic heterocycles. The maximum atomic E-state index is 10.7. The van der Waals surface area contributed by atoms with Crippen LogP contribution >= 0.6 is 0 Å². The van der Waals surface area contributed by atoms with Crippen LogP contribution in [0.5, 0.6) is 5.75 Å². The number of rotatable bonds is 5. The van der Waals surface area contributed by atoms with Gasteiger partial charge in [-0.3, -0.25) is 0 Å². The molecule has 0 amide bonds. The number of halogens is 8. The van der Waals surface area contributed by atoms with Gasteiger partial charge in [-0.1, -0.05) is 54.6 Å². The van der Waals surface area contributed by atoms with Crippen LogP contribution in [0.3, 0.4) is 0 Å². The van der Waals surface area contributed by atoms with E-state index in [1.54, 1.807) is 0 Å². The molecule has 4 aromatic rings. The molecule has 0 N–H and O–H groups in total. The van der Waals surface area contributed by atoms with Gasteiger partial charge < -0.3 is 13.8 Å². The molecule has 0 unspecified atom stereocenters. The average Bonchev–Trinajstić information content (AvgIpc) is 2.94. The van der Waals surface area contributed by atoms with Crippen LogP contribution in [0.2, 0.25) is 0 Å². The summed E-state index contributed by atoms with van der Waals surface area (Å²) in [5.41, 5.74) is -11.4. The van der Waals surface area contributed by atoms with Gasteiger partial charge >= 0.3 is 53.4 Å². The topological polar surface area (TPSA) is 124 Å². The standard InChI is InChI=1S/C16H18IO.C12H10I.2CHF3O3S/c1-16(2,3)18-15-11-9-14(10-12-15)17-13-7-5-4-6-8-13;1-3-7-11(8-4-1)13-12-9-5-2-6-10-12;2*2-1(3,4)8(5,6)7/h4-12H,1-3H3;1-10H;2*(H,5,6,7)/q2*+1;;/p-2. The minimum Gasteiger partial charge on any atom is -0.741 e. The van der Waals surface area contributed by atoms with Crippen molar-refractivity contribution in [1.82, 2.24) is 0 Å². The maximum absolute atomic E-state index is 10.7. The van der Waals surface area contributed by atoms with E-state index in [-0.39, 0.29) is 48.0 Å². The smallest absolute Gasteiger partial charge is 0.485 e. The number of hydrogen-bond donors (Lipinski definition) is 0. The first kappa shape index (κ1) is 42.6. The minimum atomic E-state index is -6.09. The molecule has 4 rings (SSSR count). The van der Waals surface area contributed by atoms with Crippen LogP contribution in [-0.4, -0.2) is 42.6 Å². The Morgan fingerprint density at radius 2 is 0.723 bits per heavy atom. The highest BCUT2D eigenvalue weighted by molar-refractivity contribution is 7.86. The maximum Gasteiger partial charge on any atom is 0.485 e. The second-order valence-electron chi connectivity index (χ2n) is 9.54. The summed E-state index contributed by atoms with van der Waals surface area (Å²) in [6.45, 7) is 6.20. The normalized spacial score (nSPS) is 11.8. The zero-order chi connectivity index (χ0) is 35.9. The zero-order valence-corrected chi connectivity index (χ0v) is 30.6. The second-order valence-corrected chi connectivity index (χ2v) is 18.3. The molecule has 258 valence electrons. The summed E-state index contributed by atoms with van der Waals surface area (Å²) in [7, 11) is -12.2. The monoisotopic (exact) mass is 932 g/mol. The number of hydrogen-bond acceptors (Lipinski definition) is 7. The number of alkyl halides is 6. The molecule has 0 bridgehead atoms. The Labute approximate surface area is 290 Å². The van der Waals surface area contributed by atoms with Gasteiger partial charge in [0.15, 0.2) is 34.5 Å². The summed E-state index contributed by atoms with van der Waals surface area (Å²) < 4.78 is 129. The molecule has 0 heterocycles. The number of ether oxygens (including phenoxy) is 1. The van der Waals surface area contributed by atoms with Gasteiger partial charge in [0, 0.05) is 0 Å². The summed E-state index contributed by atoms with van der Waals surface area (Å²) in [5, 5.41) is 0. The molecule has 0 radical (unpaired) electrons. The van der Waals surface area contributed by atoms with Crippen LogP contribution < -0.4 is 47.1 Å². The van der Waals surface area contributed by atoms with E-state index in [0.29, 0.717) is 0 Å². The lowest BCUT2D eigenvalue weighted by molar-refractivity contribution is -0.597. The lowest BCUT2D eigenvalue weighted by Gasteiger charge is -2.20. The molecule has 0 aliphatic heterocycles. The second kappa shape index (κ2) is 18.9. The molecule has 0 fully saturated rings. The fourth-order valence-electron chi connectivity index (χ4n) is 2.60. The molecule has 0 saturated carbocycles. The van der Waals surface area contributed by atoms with E-state index in [1.807, 2.05) is 0 Å². The fourth-order valence-corrected chi connectivity index (χ4v) is 7.09. The highest BCUT2D eigenvalue weighted by atomic mass is 127. The van der Waals surface area contributed by atoms with Gasteiger partial charge in [0.2, 0.25) is 0 Å². The third-order valence-corrected chi connectivity index (χ3v) is 10.9. The van der Waals surface area contributed by atoms with Crippen LogP contribution in [0.25, 0.3) is 0 Å².